The average molecular weight is 286 g/mol. The lowest BCUT2D eigenvalue weighted by Gasteiger charge is -2.12. The minimum Gasteiger partial charge on any atom is -0.492 e. The van der Waals surface area contributed by atoms with E-state index in [1.54, 1.807) is 19.1 Å². The molecular formula is C14H22O4S. The molecule has 1 atom stereocenters. The van der Waals surface area contributed by atoms with E-state index in [1.807, 2.05) is 19.9 Å². The van der Waals surface area contributed by atoms with Crippen LogP contribution < -0.4 is 4.74 Å². The molecule has 1 aromatic carbocycles. The summed E-state index contributed by atoms with van der Waals surface area (Å²) in [6, 6.07) is 5.40. The molecule has 0 saturated carbocycles. The molecule has 0 amide bonds. The molecule has 0 unspecified atom stereocenters. The molecule has 0 fully saturated rings. The Bertz CT molecular complexity index is 506. The molecule has 0 aliphatic carbocycles. The van der Waals surface area contributed by atoms with Crippen molar-refractivity contribution in [3.05, 3.63) is 29.3 Å². The Kier molecular flexibility index (Phi) is 5.82. The van der Waals surface area contributed by atoms with E-state index in [4.69, 9.17) is 4.74 Å². The van der Waals surface area contributed by atoms with Crippen LogP contribution in [-0.2, 0) is 9.84 Å². The van der Waals surface area contributed by atoms with E-state index >= 15 is 0 Å². The molecular weight excluding hydrogens is 264 g/mol. The number of rotatable bonds is 7. The van der Waals surface area contributed by atoms with Gasteiger partial charge >= 0.3 is 0 Å². The number of hydrogen-bond donors (Lipinski definition) is 1. The second-order valence-corrected chi connectivity index (χ2v) is 7.00. The van der Waals surface area contributed by atoms with Crippen molar-refractivity contribution in [1.29, 1.82) is 0 Å². The summed E-state index contributed by atoms with van der Waals surface area (Å²) in [6.07, 6.45) is 0.113. The molecule has 5 heteroatoms. The van der Waals surface area contributed by atoms with E-state index < -0.39 is 15.9 Å². The fraction of sp³-hybridized carbons (Fsp3) is 0.571. The average Bonchev–Trinajstić information content (AvgIpc) is 2.30. The first-order valence-corrected chi connectivity index (χ1v) is 8.29. The van der Waals surface area contributed by atoms with Gasteiger partial charge < -0.3 is 9.84 Å². The quantitative estimate of drug-likeness (QED) is 0.835. The molecule has 0 heterocycles. The molecule has 0 aromatic heterocycles. The zero-order valence-corrected chi connectivity index (χ0v) is 12.5. The van der Waals surface area contributed by atoms with E-state index in [0.717, 1.165) is 11.1 Å². The van der Waals surface area contributed by atoms with E-state index in [-0.39, 0.29) is 18.1 Å². The third-order valence-corrected chi connectivity index (χ3v) is 4.67. The molecule has 0 aliphatic rings. The number of hydrogen-bond acceptors (Lipinski definition) is 4. The van der Waals surface area contributed by atoms with Crippen molar-refractivity contribution < 1.29 is 18.3 Å². The lowest BCUT2D eigenvalue weighted by atomic mass is 10.1. The summed E-state index contributed by atoms with van der Waals surface area (Å²) in [5, 5.41) is 9.46. The van der Waals surface area contributed by atoms with Crippen LogP contribution in [0.3, 0.4) is 0 Å². The van der Waals surface area contributed by atoms with E-state index in [0.29, 0.717) is 12.2 Å². The van der Waals surface area contributed by atoms with Crippen molar-refractivity contribution in [2.24, 2.45) is 0 Å². The molecule has 1 rings (SSSR count). The first kappa shape index (κ1) is 16.0. The van der Waals surface area contributed by atoms with Gasteiger partial charge in [-0.1, -0.05) is 13.0 Å². The molecule has 0 bridgehead atoms. The molecule has 4 nitrogen and oxygen atoms in total. The molecule has 1 aromatic rings. The molecule has 0 saturated heterocycles. The fourth-order valence-corrected chi connectivity index (χ4v) is 2.95. The first-order chi connectivity index (χ1) is 8.85. The Morgan fingerprint density at radius 3 is 2.53 bits per heavy atom. The van der Waals surface area contributed by atoms with Crippen LogP contribution in [-0.4, -0.2) is 31.6 Å². The molecule has 0 radical (unpaired) electrons. The van der Waals surface area contributed by atoms with Gasteiger partial charge in [-0.3, -0.25) is 0 Å². The second kappa shape index (κ2) is 6.91. The van der Waals surface area contributed by atoms with Crippen molar-refractivity contribution in [2.45, 2.75) is 33.3 Å². The van der Waals surface area contributed by atoms with Crippen LogP contribution in [0, 0.1) is 6.92 Å². The van der Waals surface area contributed by atoms with Gasteiger partial charge in [0.05, 0.1) is 17.6 Å². The van der Waals surface area contributed by atoms with Crippen LogP contribution in [0.5, 0.6) is 5.75 Å². The molecule has 19 heavy (non-hydrogen) atoms. The maximum Gasteiger partial charge on any atom is 0.153 e. The highest BCUT2D eigenvalue weighted by atomic mass is 32.2. The van der Waals surface area contributed by atoms with Gasteiger partial charge in [0.15, 0.2) is 9.84 Å². The minimum absolute atomic E-state index is 0.0401. The molecule has 0 aliphatic heterocycles. The number of ether oxygens (including phenoxy) is 1. The number of aliphatic hydroxyl groups excluding tert-OH is 1. The Labute approximate surface area is 115 Å². The van der Waals surface area contributed by atoms with Gasteiger partial charge in [0.2, 0.25) is 0 Å². The third-order valence-electron chi connectivity index (χ3n) is 2.85. The highest BCUT2D eigenvalue weighted by Crippen LogP contribution is 2.22. The predicted molar refractivity (Wildman–Crippen MR) is 76.3 cm³/mol. The monoisotopic (exact) mass is 286 g/mol. The molecule has 1 N–H and O–H groups in total. The lowest BCUT2D eigenvalue weighted by Crippen LogP contribution is -2.17. The van der Waals surface area contributed by atoms with Crippen molar-refractivity contribution in [1.82, 2.24) is 0 Å². The van der Waals surface area contributed by atoms with Crippen molar-refractivity contribution in [2.75, 3.05) is 18.1 Å². The topological polar surface area (TPSA) is 63.6 Å². The van der Waals surface area contributed by atoms with Crippen LogP contribution in [0.1, 0.15) is 37.5 Å². The van der Waals surface area contributed by atoms with Crippen LogP contribution in [0.4, 0.5) is 0 Å². The van der Waals surface area contributed by atoms with Crippen molar-refractivity contribution >= 4 is 9.84 Å². The maximum absolute atomic E-state index is 11.5. The summed E-state index contributed by atoms with van der Waals surface area (Å²) >= 11 is 0. The van der Waals surface area contributed by atoms with E-state index in [1.165, 1.54) is 0 Å². The zero-order valence-electron chi connectivity index (χ0n) is 11.7. The highest BCUT2D eigenvalue weighted by molar-refractivity contribution is 7.91. The number of aryl methyl sites for hydroxylation is 1. The Hall–Kier alpha value is -1.07. The van der Waals surface area contributed by atoms with Gasteiger partial charge in [0.25, 0.3) is 0 Å². The van der Waals surface area contributed by atoms with Gasteiger partial charge in [-0.25, -0.2) is 8.42 Å². The van der Waals surface area contributed by atoms with E-state index in [9.17, 15) is 13.5 Å². The van der Waals surface area contributed by atoms with Crippen LogP contribution >= 0.6 is 0 Å². The standard InChI is InChI=1S/C14H22O4S/c1-4-8-19(16,17)9-7-18-14-6-5-13(12(3)15)10-11(14)2/h5-6,10,12,15H,4,7-9H2,1-3H3/t12-/m0/s1. The Morgan fingerprint density at radius 1 is 1.32 bits per heavy atom. The summed E-state index contributed by atoms with van der Waals surface area (Å²) < 4.78 is 28.6. The number of benzene rings is 1. The minimum atomic E-state index is -3.00. The smallest absolute Gasteiger partial charge is 0.153 e. The van der Waals surface area contributed by atoms with Crippen molar-refractivity contribution in [3.8, 4) is 5.75 Å². The second-order valence-electron chi connectivity index (χ2n) is 4.70. The molecule has 108 valence electrons. The zero-order chi connectivity index (χ0) is 14.5. The highest BCUT2D eigenvalue weighted by Gasteiger charge is 2.10. The van der Waals surface area contributed by atoms with Gasteiger partial charge in [-0.05, 0) is 43.5 Å². The normalized spacial score (nSPS) is 13.3. The summed E-state index contributed by atoms with van der Waals surface area (Å²) in [4.78, 5) is 0. The maximum atomic E-state index is 11.5. The van der Waals surface area contributed by atoms with E-state index in [2.05, 4.69) is 0 Å². The van der Waals surface area contributed by atoms with Crippen LogP contribution in [0.2, 0.25) is 0 Å². The summed E-state index contributed by atoms with van der Waals surface area (Å²) in [6.45, 7) is 5.59. The van der Waals surface area contributed by atoms with Gasteiger partial charge in [-0.15, -0.1) is 0 Å². The third kappa shape index (κ3) is 5.20. The fourth-order valence-electron chi connectivity index (χ4n) is 1.79. The predicted octanol–water partition coefficient (Wildman–Crippen LogP) is 2.25. The van der Waals surface area contributed by atoms with Gasteiger partial charge in [0, 0.05) is 0 Å². The first-order valence-electron chi connectivity index (χ1n) is 6.47. The van der Waals surface area contributed by atoms with Crippen molar-refractivity contribution in [3.63, 3.8) is 0 Å². The largest absolute Gasteiger partial charge is 0.492 e. The summed E-state index contributed by atoms with van der Waals surface area (Å²) in [7, 11) is -3.00. The van der Waals surface area contributed by atoms with Crippen LogP contribution in [0.25, 0.3) is 0 Å². The SMILES string of the molecule is CCCS(=O)(=O)CCOc1ccc([C@H](C)O)cc1C. The van der Waals surface area contributed by atoms with Gasteiger partial charge in [0.1, 0.15) is 12.4 Å². The Morgan fingerprint density at radius 2 is 2.00 bits per heavy atom. The molecule has 0 spiro atoms. The number of sulfone groups is 1. The summed E-state index contributed by atoms with van der Waals surface area (Å²) in [5.41, 5.74) is 1.72. The lowest BCUT2D eigenvalue weighted by molar-refractivity contribution is 0.199. The summed E-state index contributed by atoms with van der Waals surface area (Å²) in [5.74, 6) is 0.908. The van der Waals surface area contributed by atoms with Crippen LogP contribution in [0.15, 0.2) is 18.2 Å². The van der Waals surface area contributed by atoms with Gasteiger partial charge in [-0.2, -0.15) is 0 Å². The Balaban J connectivity index is 2.59. The number of aliphatic hydroxyl groups is 1.